The summed E-state index contributed by atoms with van der Waals surface area (Å²) in [7, 11) is 0. The predicted molar refractivity (Wildman–Crippen MR) is 59.5 cm³/mol. The number of benzene rings is 1. The normalized spacial score (nSPS) is 9.71. The molecule has 0 saturated heterocycles. The Morgan fingerprint density at radius 3 is 2.50 bits per heavy atom. The van der Waals surface area contributed by atoms with E-state index < -0.39 is 0 Å². The standard InChI is InChI=1S/C11H6ClNS/c12-10-3-1-8(2-4-10)11-7-14-6-9(11)5-13/h1-4,6-7H. The van der Waals surface area contributed by atoms with Gasteiger partial charge in [0.2, 0.25) is 0 Å². The van der Waals surface area contributed by atoms with Crippen LogP contribution in [0.1, 0.15) is 5.56 Å². The van der Waals surface area contributed by atoms with Crippen molar-refractivity contribution in [3.63, 3.8) is 0 Å². The first-order valence-corrected chi connectivity index (χ1v) is 5.35. The van der Waals surface area contributed by atoms with Crippen molar-refractivity contribution in [2.24, 2.45) is 0 Å². The van der Waals surface area contributed by atoms with Gasteiger partial charge in [-0.15, -0.1) is 0 Å². The van der Waals surface area contributed by atoms with E-state index in [0.717, 1.165) is 16.7 Å². The van der Waals surface area contributed by atoms with E-state index >= 15 is 0 Å². The lowest BCUT2D eigenvalue weighted by atomic mass is 10.1. The zero-order valence-corrected chi connectivity index (χ0v) is 8.77. The average Bonchev–Trinajstić information content (AvgIpc) is 2.67. The van der Waals surface area contributed by atoms with Crippen LogP contribution in [-0.2, 0) is 0 Å². The fraction of sp³-hybridized carbons (Fsp3) is 0. The van der Waals surface area contributed by atoms with Crippen molar-refractivity contribution in [3.8, 4) is 17.2 Å². The van der Waals surface area contributed by atoms with Crippen LogP contribution >= 0.6 is 22.9 Å². The van der Waals surface area contributed by atoms with Gasteiger partial charge in [-0.25, -0.2) is 0 Å². The van der Waals surface area contributed by atoms with Crippen molar-refractivity contribution in [3.05, 3.63) is 45.6 Å². The second-order valence-electron chi connectivity index (χ2n) is 2.82. The molecule has 0 unspecified atom stereocenters. The van der Waals surface area contributed by atoms with Crippen molar-refractivity contribution in [2.75, 3.05) is 0 Å². The minimum absolute atomic E-state index is 0.711. The largest absolute Gasteiger partial charge is 0.192 e. The molecule has 0 aliphatic rings. The molecule has 0 saturated carbocycles. The number of halogens is 1. The molecule has 0 amide bonds. The first kappa shape index (κ1) is 9.26. The molecule has 0 aliphatic carbocycles. The summed E-state index contributed by atoms with van der Waals surface area (Å²) in [5.74, 6) is 0. The smallest absolute Gasteiger partial charge is 0.101 e. The topological polar surface area (TPSA) is 23.8 Å². The molecule has 14 heavy (non-hydrogen) atoms. The van der Waals surface area contributed by atoms with Crippen LogP contribution < -0.4 is 0 Å². The SMILES string of the molecule is N#Cc1cscc1-c1ccc(Cl)cc1. The third kappa shape index (κ3) is 1.65. The van der Waals surface area contributed by atoms with Crippen LogP contribution in [0, 0.1) is 11.3 Å². The monoisotopic (exact) mass is 219 g/mol. The van der Waals surface area contributed by atoms with Crippen LogP contribution in [0.2, 0.25) is 5.02 Å². The van der Waals surface area contributed by atoms with Crippen LogP contribution in [0.3, 0.4) is 0 Å². The highest BCUT2D eigenvalue weighted by molar-refractivity contribution is 7.08. The molecule has 1 heterocycles. The maximum Gasteiger partial charge on any atom is 0.101 e. The summed E-state index contributed by atoms with van der Waals surface area (Å²) in [6.45, 7) is 0. The quantitative estimate of drug-likeness (QED) is 0.713. The third-order valence-electron chi connectivity index (χ3n) is 1.94. The van der Waals surface area contributed by atoms with Crippen molar-refractivity contribution < 1.29 is 0 Å². The Balaban J connectivity index is 2.50. The molecule has 3 heteroatoms. The number of rotatable bonds is 1. The van der Waals surface area contributed by atoms with Gasteiger partial charge in [0.15, 0.2) is 0 Å². The maximum absolute atomic E-state index is 8.85. The number of hydrogen-bond acceptors (Lipinski definition) is 2. The minimum atomic E-state index is 0.711. The van der Waals surface area contributed by atoms with E-state index in [4.69, 9.17) is 16.9 Å². The van der Waals surface area contributed by atoms with Crippen LogP contribution in [0.4, 0.5) is 0 Å². The summed E-state index contributed by atoms with van der Waals surface area (Å²) in [5.41, 5.74) is 2.73. The van der Waals surface area contributed by atoms with Gasteiger partial charge >= 0.3 is 0 Å². The fourth-order valence-corrected chi connectivity index (χ4v) is 2.15. The number of nitrogens with zero attached hydrogens (tertiary/aromatic N) is 1. The van der Waals surface area contributed by atoms with E-state index in [9.17, 15) is 0 Å². The summed E-state index contributed by atoms with van der Waals surface area (Å²) < 4.78 is 0. The Labute approximate surface area is 91.2 Å². The van der Waals surface area contributed by atoms with E-state index in [2.05, 4.69) is 6.07 Å². The lowest BCUT2D eigenvalue weighted by molar-refractivity contribution is 1.50. The molecule has 2 rings (SSSR count). The number of nitriles is 1. The van der Waals surface area contributed by atoms with Gasteiger partial charge in [0.1, 0.15) is 6.07 Å². The van der Waals surface area contributed by atoms with Crippen LogP contribution in [-0.4, -0.2) is 0 Å². The Kier molecular flexibility index (Phi) is 2.53. The van der Waals surface area contributed by atoms with Gasteiger partial charge in [0.05, 0.1) is 5.56 Å². The Morgan fingerprint density at radius 1 is 1.14 bits per heavy atom. The van der Waals surface area contributed by atoms with Crippen molar-refractivity contribution >= 4 is 22.9 Å². The van der Waals surface area contributed by atoms with E-state index in [0.29, 0.717) is 5.02 Å². The highest BCUT2D eigenvalue weighted by Gasteiger charge is 2.04. The zero-order chi connectivity index (χ0) is 9.97. The van der Waals surface area contributed by atoms with Gasteiger partial charge in [-0.2, -0.15) is 16.6 Å². The molecular formula is C11H6ClNS. The van der Waals surface area contributed by atoms with E-state index in [1.807, 2.05) is 35.0 Å². The van der Waals surface area contributed by atoms with Crippen LogP contribution in [0.5, 0.6) is 0 Å². The molecule has 1 aromatic carbocycles. The summed E-state index contributed by atoms with van der Waals surface area (Å²) in [6.07, 6.45) is 0. The Bertz CT molecular complexity index is 479. The molecule has 0 aliphatic heterocycles. The van der Waals surface area contributed by atoms with Gasteiger partial charge in [-0.1, -0.05) is 23.7 Å². The molecular weight excluding hydrogens is 214 g/mol. The summed E-state index contributed by atoms with van der Waals surface area (Å²) in [5, 5.41) is 13.4. The predicted octanol–water partition coefficient (Wildman–Crippen LogP) is 3.94. The number of thiophene rings is 1. The molecule has 0 bridgehead atoms. The second kappa shape index (κ2) is 3.83. The van der Waals surface area contributed by atoms with E-state index in [-0.39, 0.29) is 0 Å². The fourth-order valence-electron chi connectivity index (χ4n) is 1.24. The molecule has 0 fully saturated rings. The van der Waals surface area contributed by atoms with Crippen molar-refractivity contribution in [2.45, 2.75) is 0 Å². The molecule has 0 spiro atoms. The second-order valence-corrected chi connectivity index (χ2v) is 4.00. The van der Waals surface area contributed by atoms with Crippen molar-refractivity contribution in [1.82, 2.24) is 0 Å². The van der Waals surface area contributed by atoms with Gasteiger partial charge in [0.25, 0.3) is 0 Å². The molecule has 2 aromatic rings. The lowest BCUT2D eigenvalue weighted by Gasteiger charge is -1.98. The van der Waals surface area contributed by atoms with Gasteiger partial charge < -0.3 is 0 Å². The summed E-state index contributed by atoms with van der Waals surface area (Å²) in [6, 6.07) is 9.67. The molecule has 0 atom stereocenters. The lowest BCUT2D eigenvalue weighted by Crippen LogP contribution is -1.77. The van der Waals surface area contributed by atoms with E-state index in [1.165, 1.54) is 11.3 Å². The van der Waals surface area contributed by atoms with Crippen molar-refractivity contribution in [1.29, 1.82) is 5.26 Å². The maximum atomic E-state index is 8.85. The first-order valence-electron chi connectivity index (χ1n) is 4.03. The zero-order valence-electron chi connectivity index (χ0n) is 7.20. The molecule has 68 valence electrons. The average molecular weight is 220 g/mol. The van der Waals surface area contributed by atoms with Gasteiger partial charge in [-0.05, 0) is 23.1 Å². The highest BCUT2D eigenvalue weighted by atomic mass is 35.5. The molecule has 1 aromatic heterocycles. The molecule has 1 nitrogen and oxygen atoms in total. The molecule has 0 N–H and O–H groups in total. The minimum Gasteiger partial charge on any atom is -0.192 e. The Hall–Kier alpha value is -1.30. The van der Waals surface area contributed by atoms with Crippen LogP contribution in [0.15, 0.2) is 35.0 Å². The van der Waals surface area contributed by atoms with Gasteiger partial charge in [0, 0.05) is 16.0 Å². The van der Waals surface area contributed by atoms with Crippen LogP contribution in [0.25, 0.3) is 11.1 Å². The third-order valence-corrected chi connectivity index (χ3v) is 2.93. The highest BCUT2D eigenvalue weighted by Crippen LogP contribution is 2.27. The molecule has 0 radical (unpaired) electrons. The first-order chi connectivity index (χ1) is 6.81. The van der Waals surface area contributed by atoms with E-state index in [1.54, 1.807) is 0 Å². The number of hydrogen-bond donors (Lipinski definition) is 0. The summed E-state index contributed by atoms with van der Waals surface area (Å²) in [4.78, 5) is 0. The Morgan fingerprint density at radius 2 is 1.86 bits per heavy atom. The summed E-state index contributed by atoms with van der Waals surface area (Å²) >= 11 is 7.32. The van der Waals surface area contributed by atoms with Gasteiger partial charge in [-0.3, -0.25) is 0 Å².